The molecule has 2 unspecified atom stereocenters. The molecule has 0 saturated carbocycles. The smallest absolute Gasteiger partial charge is 0.264 e. The molecule has 2 aliphatic heterocycles. The summed E-state index contributed by atoms with van der Waals surface area (Å²) in [5, 5.41) is 5.07. The Labute approximate surface area is 190 Å². The van der Waals surface area contributed by atoms with Crippen LogP contribution in [-0.2, 0) is 6.42 Å². The van der Waals surface area contributed by atoms with Crippen LogP contribution in [0, 0.1) is 6.92 Å². The topological polar surface area (TPSA) is 98.1 Å². The van der Waals surface area contributed by atoms with Crippen LogP contribution in [0.1, 0.15) is 52.8 Å². The van der Waals surface area contributed by atoms with Crippen molar-refractivity contribution in [2.45, 2.75) is 64.1 Å². The minimum absolute atomic E-state index is 0.107. The maximum Gasteiger partial charge on any atom is 0.264 e. The second-order valence-electron chi connectivity index (χ2n) is 8.59. The van der Waals surface area contributed by atoms with E-state index in [0.717, 1.165) is 57.3 Å². The van der Waals surface area contributed by atoms with Crippen molar-refractivity contribution >= 4 is 29.4 Å². The standard InChI is InChI=1S/C24H27N5O2S/c1-3-18-14(2)28-31-20(18)7-8-21-19(23-26-9-4-10-27-23)13-22(32-21)24(30)29-16-5-6-17(29)12-15(25)11-16/h3-4,7,9-10,13,15-17H,5-6,8,11-12,25H2,1-2H3/b18-3-,20-7+. The molecule has 166 valence electrons. The number of nitrogens with two attached hydrogens (primary N) is 1. The van der Waals surface area contributed by atoms with Gasteiger partial charge in [-0.05, 0) is 57.7 Å². The summed E-state index contributed by atoms with van der Waals surface area (Å²) in [6.45, 7) is 3.90. The van der Waals surface area contributed by atoms with Crippen molar-refractivity contribution in [1.29, 1.82) is 0 Å². The molecule has 3 aromatic rings. The molecule has 2 saturated heterocycles. The number of hydrogen-bond acceptors (Lipinski definition) is 7. The van der Waals surface area contributed by atoms with Gasteiger partial charge < -0.3 is 15.2 Å². The zero-order valence-corrected chi connectivity index (χ0v) is 19.1. The van der Waals surface area contributed by atoms with Gasteiger partial charge in [0.15, 0.2) is 11.2 Å². The quantitative estimate of drug-likeness (QED) is 0.657. The molecule has 1 amide bonds. The normalized spacial score (nSPS) is 23.8. The number of hydrogen-bond donors (Lipinski definition) is 1. The van der Waals surface area contributed by atoms with E-state index in [4.69, 9.17) is 10.3 Å². The predicted octanol–water partition coefficient (Wildman–Crippen LogP) is 2.42. The van der Waals surface area contributed by atoms with Gasteiger partial charge in [0.25, 0.3) is 5.91 Å². The third-order valence-electron chi connectivity index (χ3n) is 6.53. The van der Waals surface area contributed by atoms with Crippen molar-refractivity contribution in [2.75, 3.05) is 0 Å². The third-order valence-corrected chi connectivity index (χ3v) is 7.67. The van der Waals surface area contributed by atoms with E-state index in [2.05, 4.69) is 20.0 Å². The minimum Gasteiger partial charge on any atom is -0.356 e. The molecule has 2 aliphatic rings. The summed E-state index contributed by atoms with van der Waals surface area (Å²) in [5.74, 6) is 0.738. The molecular weight excluding hydrogens is 422 g/mol. The molecule has 5 heterocycles. The lowest BCUT2D eigenvalue weighted by atomic mass is 9.98. The maximum absolute atomic E-state index is 13.6. The second-order valence-corrected chi connectivity index (χ2v) is 9.73. The first-order valence-electron chi connectivity index (χ1n) is 11.1. The summed E-state index contributed by atoms with van der Waals surface area (Å²) in [6, 6.07) is 4.46. The van der Waals surface area contributed by atoms with Crippen LogP contribution < -0.4 is 16.4 Å². The van der Waals surface area contributed by atoms with Gasteiger partial charge in [0.2, 0.25) is 0 Å². The Kier molecular flexibility index (Phi) is 5.65. The van der Waals surface area contributed by atoms with Crippen LogP contribution in [-0.4, -0.2) is 44.1 Å². The molecule has 3 aromatic heterocycles. The van der Waals surface area contributed by atoms with Gasteiger partial charge in [0.05, 0.1) is 10.6 Å². The molecule has 0 aliphatic carbocycles. The summed E-state index contributed by atoms with van der Waals surface area (Å²) in [7, 11) is 0. The van der Waals surface area contributed by atoms with Gasteiger partial charge in [-0.1, -0.05) is 11.2 Å². The lowest BCUT2D eigenvalue weighted by molar-refractivity contribution is 0.0580. The summed E-state index contributed by atoms with van der Waals surface area (Å²) < 4.78 is 5.50. The van der Waals surface area contributed by atoms with Crippen LogP contribution in [0.25, 0.3) is 23.5 Å². The van der Waals surface area contributed by atoms with Crippen LogP contribution in [0.3, 0.4) is 0 Å². The van der Waals surface area contributed by atoms with E-state index >= 15 is 0 Å². The number of carbonyl (C=O) groups excluding carboxylic acids is 1. The van der Waals surface area contributed by atoms with Crippen LogP contribution in [0.2, 0.25) is 0 Å². The maximum atomic E-state index is 13.6. The van der Waals surface area contributed by atoms with Gasteiger partial charge in [0.1, 0.15) is 0 Å². The molecule has 8 heteroatoms. The average molecular weight is 450 g/mol. The average Bonchev–Trinajstić information content (AvgIpc) is 3.46. The first-order chi connectivity index (χ1) is 15.5. The zero-order valence-electron chi connectivity index (χ0n) is 18.3. The highest BCUT2D eigenvalue weighted by atomic mass is 32.1. The van der Waals surface area contributed by atoms with E-state index in [1.54, 1.807) is 18.5 Å². The lowest BCUT2D eigenvalue weighted by Gasteiger charge is -2.37. The molecule has 0 aromatic carbocycles. The molecule has 7 nitrogen and oxygen atoms in total. The first kappa shape index (κ1) is 21.0. The summed E-state index contributed by atoms with van der Waals surface area (Å²) in [5.41, 5.74) is 8.72. The lowest BCUT2D eigenvalue weighted by Crippen LogP contribution is -2.49. The Hall–Kier alpha value is -2.84. The Morgan fingerprint density at radius 1 is 1.28 bits per heavy atom. The molecule has 2 atom stereocenters. The first-order valence-corrected chi connectivity index (χ1v) is 11.9. The largest absolute Gasteiger partial charge is 0.356 e. The van der Waals surface area contributed by atoms with Crippen LogP contribution in [0.15, 0.2) is 29.0 Å². The van der Waals surface area contributed by atoms with E-state index < -0.39 is 0 Å². The van der Waals surface area contributed by atoms with Gasteiger partial charge in [0, 0.05) is 52.6 Å². The monoisotopic (exact) mass is 449 g/mol. The van der Waals surface area contributed by atoms with Crippen molar-refractivity contribution in [2.24, 2.45) is 5.73 Å². The van der Waals surface area contributed by atoms with Crippen molar-refractivity contribution in [3.05, 3.63) is 50.6 Å². The fourth-order valence-electron chi connectivity index (χ4n) is 5.07. The fourth-order valence-corrected chi connectivity index (χ4v) is 6.13. The third kappa shape index (κ3) is 3.78. The van der Waals surface area contributed by atoms with E-state index in [1.807, 2.05) is 32.1 Å². The summed E-state index contributed by atoms with van der Waals surface area (Å²) in [4.78, 5) is 26.3. The SMILES string of the molecule is C/C=c1/c(C)no/c1=C/Cc1sc(C(=O)N2C3CCC2CC(N)C3)cc1-c1ncccn1. The van der Waals surface area contributed by atoms with Crippen molar-refractivity contribution < 1.29 is 9.32 Å². The van der Waals surface area contributed by atoms with Gasteiger partial charge in [-0.25, -0.2) is 9.97 Å². The van der Waals surface area contributed by atoms with Gasteiger partial charge in [-0.3, -0.25) is 4.79 Å². The molecular formula is C24H27N5O2S. The Bertz CT molecular complexity index is 1240. The molecule has 2 bridgehead atoms. The number of piperidine rings is 1. The molecule has 32 heavy (non-hydrogen) atoms. The molecule has 5 rings (SSSR count). The highest BCUT2D eigenvalue weighted by Gasteiger charge is 2.43. The molecule has 2 fully saturated rings. The van der Waals surface area contributed by atoms with Gasteiger partial charge >= 0.3 is 0 Å². The Balaban J connectivity index is 1.51. The number of aryl methyl sites for hydroxylation is 1. The van der Waals surface area contributed by atoms with Crippen molar-refractivity contribution in [3.63, 3.8) is 0 Å². The number of nitrogens with zero attached hydrogens (tertiary/aromatic N) is 4. The number of thiophene rings is 1. The molecule has 0 radical (unpaired) electrons. The number of fused-ring (bicyclic) bond motifs is 2. The van der Waals surface area contributed by atoms with Crippen LogP contribution >= 0.6 is 11.3 Å². The zero-order chi connectivity index (χ0) is 22.2. The van der Waals surface area contributed by atoms with Gasteiger partial charge in [-0.15, -0.1) is 11.3 Å². The summed E-state index contributed by atoms with van der Waals surface area (Å²) >= 11 is 1.52. The fraction of sp³-hybridized carbons (Fsp3) is 0.417. The highest BCUT2D eigenvalue weighted by molar-refractivity contribution is 7.14. The van der Waals surface area contributed by atoms with Gasteiger partial charge in [-0.2, -0.15) is 0 Å². The van der Waals surface area contributed by atoms with E-state index in [9.17, 15) is 4.79 Å². The van der Waals surface area contributed by atoms with Crippen LogP contribution in [0.4, 0.5) is 0 Å². The number of rotatable bonds is 4. The molecule has 0 spiro atoms. The number of carbonyl (C=O) groups is 1. The van der Waals surface area contributed by atoms with Crippen molar-refractivity contribution in [3.8, 4) is 11.4 Å². The molecule has 2 N–H and O–H groups in total. The van der Waals surface area contributed by atoms with E-state index in [1.165, 1.54) is 11.3 Å². The van der Waals surface area contributed by atoms with E-state index in [0.29, 0.717) is 12.2 Å². The highest BCUT2D eigenvalue weighted by Crippen LogP contribution is 2.38. The van der Waals surface area contributed by atoms with E-state index in [-0.39, 0.29) is 24.0 Å². The predicted molar refractivity (Wildman–Crippen MR) is 124 cm³/mol. The van der Waals surface area contributed by atoms with Crippen molar-refractivity contribution in [1.82, 2.24) is 20.0 Å². The number of aromatic nitrogens is 3. The van der Waals surface area contributed by atoms with Crippen LogP contribution in [0.5, 0.6) is 0 Å². The summed E-state index contributed by atoms with van der Waals surface area (Å²) in [6.07, 6.45) is 12.0. The number of amides is 1. The minimum atomic E-state index is 0.107. The second kappa shape index (κ2) is 8.60. The Morgan fingerprint density at radius 2 is 2.00 bits per heavy atom. The Morgan fingerprint density at radius 3 is 2.69 bits per heavy atom.